The molecule has 0 amide bonds. The maximum atomic E-state index is 13.6. The van der Waals surface area contributed by atoms with Gasteiger partial charge >= 0.3 is 0 Å². The molecular weight excluding hydrogens is 260 g/mol. The average molecular weight is 270 g/mol. The van der Waals surface area contributed by atoms with Crippen molar-refractivity contribution in [2.75, 3.05) is 0 Å². The zero-order valence-electron chi connectivity index (χ0n) is 9.37. The number of ether oxygens (including phenoxy) is 1. The highest BCUT2D eigenvalue weighted by atomic mass is 35.5. The number of hydrogen-bond acceptors (Lipinski definition) is 2. The molecule has 18 heavy (non-hydrogen) atoms. The summed E-state index contributed by atoms with van der Waals surface area (Å²) in [6.07, 6.45) is 3.17. The first-order valence-corrected chi connectivity index (χ1v) is 5.79. The molecule has 1 heterocycles. The van der Waals surface area contributed by atoms with E-state index in [2.05, 4.69) is 4.98 Å². The van der Waals surface area contributed by atoms with Gasteiger partial charge < -0.3 is 4.74 Å². The molecule has 0 saturated carbocycles. The van der Waals surface area contributed by atoms with E-state index >= 15 is 0 Å². The van der Waals surface area contributed by atoms with Crippen molar-refractivity contribution < 1.29 is 13.5 Å². The van der Waals surface area contributed by atoms with Crippen LogP contribution in [0.4, 0.5) is 8.78 Å². The summed E-state index contributed by atoms with van der Waals surface area (Å²) in [6.45, 7) is 0.0799. The number of benzene rings is 1. The SMILES string of the molecule is Fc1cc(CCl)cc(F)c1OCc1ccncc1. The highest BCUT2D eigenvalue weighted by Gasteiger charge is 2.12. The molecule has 0 N–H and O–H groups in total. The van der Waals surface area contributed by atoms with E-state index in [1.807, 2.05) is 0 Å². The van der Waals surface area contributed by atoms with Crippen LogP contribution in [0.1, 0.15) is 11.1 Å². The first kappa shape index (κ1) is 12.8. The molecule has 0 fully saturated rings. The Kier molecular flexibility index (Phi) is 4.10. The molecule has 94 valence electrons. The van der Waals surface area contributed by atoms with Crippen molar-refractivity contribution in [1.29, 1.82) is 0 Å². The summed E-state index contributed by atoms with van der Waals surface area (Å²) in [5.74, 6) is -1.83. The fourth-order valence-electron chi connectivity index (χ4n) is 1.46. The summed E-state index contributed by atoms with van der Waals surface area (Å²) in [7, 11) is 0. The number of alkyl halides is 1. The molecule has 0 spiro atoms. The lowest BCUT2D eigenvalue weighted by molar-refractivity contribution is 0.274. The minimum absolute atomic E-state index is 0.0540. The Balaban J connectivity index is 2.15. The molecule has 5 heteroatoms. The molecule has 1 aromatic carbocycles. The second kappa shape index (κ2) is 5.78. The monoisotopic (exact) mass is 269 g/mol. The number of hydrogen-bond donors (Lipinski definition) is 0. The second-order valence-electron chi connectivity index (χ2n) is 3.67. The quantitative estimate of drug-likeness (QED) is 0.790. The van der Waals surface area contributed by atoms with Crippen LogP contribution in [0, 0.1) is 11.6 Å². The lowest BCUT2D eigenvalue weighted by Crippen LogP contribution is -2.01. The van der Waals surface area contributed by atoms with Gasteiger partial charge in [0.2, 0.25) is 0 Å². The van der Waals surface area contributed by atoms with Crippen LogP contribution in [0.25, 0.3) is 0 Å². The van der Waals surface area contributed by atoms with Crippen molar-refractivity contribution in [3.63, 3.8) is 0 Å². The van der Waals surface area contributed by atoms with Gasteiger partial charge in [0.1, 0.15) is 6.61 Å². The molecule has 2 nitrogen and oxygen atoms in total. The van der Waals surface area contributed by atoms with Crippen LogP contribution in [0.5, 0.6) is 5.75 Å². The highest BCUT2D eigenvalue weighted by molar-refractivity contribution is 6.17. The Morgan fingerprint density at radius 2 is 1.67 bits per heavy atom. The fourth-order valence-corrected chi connectivity index (χ4v) is 1.62. The van der Waals surface area contributed by atoms with Crippen LogP contribution >= 0.6 is 11.6 Å². The van der Waals surface area contributed by atoms with Crippen LogP contribution in [0.3, 0.4) is 0 Å². The second-order valence-corrected chi connectivity index (χ2v) is 3.93. The largest absolute Gasteiger partial charge is 0.483 e. The van der Waals surface area contributed by atoms with E-state index in [4.69, 9.17) is 16.3 Å². The number of rotatable bonds is 4. The van der Waals surface area contributed by atoms with Gasteiger partial charge in [0.15, 0.2) is 17.4 Å². The van der Waals surface area contributed by atoms with E-state index < -0.39 is 11.6 Å². The van der Waals surface area contributed by atoms with Gasteiger partial charge in [-0.05, 0) is 35.4 Å². The van der Waals surface area contributed by atoms with E-state index in [1.54, 1.807) is 24.5 Å². The molecule has 0 saturated heterocycles. The van der Waals surface area contributed by atoms with E-state index in [0.29, 0.717) is 5.56 Å². The van der Waals surface area contributed by atoms with Crippen LogP contribution in [0.2, 0.25) is 0 Å². The average Bonchev–Trinajstić information content (AvgIpc) is 2.38. The lowest BCUT2D eigenvalue weighted by Gasteiger charge is -2.09. The third-order valence-corrected chi connectivity index (χ3v) is 2.65. The summed E-state index contributed by atoms with van der Waals surface area (Å²) >= 11 is 5.52. The summed E-state index contributed by atoms with van der Waals surface area (Å²) < 4.78 is 32.3. The third kappa shape index (κ3) is 2.96. The van der Waals surface area contributed by atoms with Gasteiger partial charge in [0, 0.05) is 18.3 Å². The highest BCUT2D eigenvalue weighted by Crippen LogP contribution is 2.24. The van der Waals surface area contributed by atoms with Gasteiger partial charge in [-0.15, -0.1) is 11.6 Å². The molecular formula is C13H10ClF2NO. The lowest BCUT2D eigenvalue weighted by atomic mass is 10.2. The van der Waals surface area contributed by atoms with E-state index in [-0.39, 0.29) is 18.2 Å². The first-order valence-electron chi connectivity index (χ1n) is 5.26. The number of nitrogens with zero attached hydrogens (tertiary/aromatic N) is 1. The van der Waals surface area contributed by atoms with Gasteiger partial charge in [-0.25, -0.2) is 8.78 Å². The smallest absolute Gasteiger partial charge is 0.191 e. The molecule has 0 atom stereocenters. The van der Waals surface area contributed by atoms with Gasteiger partial charge in [0.05, 0.1) is 0 Å². The summed E-state index contributed by atoms with van der Waals surface area (Å²) in [6, 6.07) is 5.75. The van der Waals surface area contributed by atoms with Crippen molar-refractivity contribution in [2.24, 2.45) is 0 Å². The van der Waals surface area contributed by atoms with Crippen molar-refractivity contribution in [1.82, 2.24) is 4.98 Å². The number of pyridine rings is 1. The van der Waals surface area contributed by atoms with Crippen LogP contribution in [-0.4, -0.2) is 4.98 Å². The van der Waals surface area contributed by atoms with E-state index in [9.17, 15) is 8.78 Å². The molecule has 2 rings (SSSR count). The Labute approximate surface area is 108 Å². The van der Waals surface area contributed by atoms with Crippen molar-refractivity contribution >= 4 is 11.6 Å². The van der Waals surface area contributed by atoms with Gasteiger partial charge in [-0.1, -0.05) is 0 Å². The molecule has 0 unspecified atom stereocenters. The topological polar surface area (TPSA) is 22.1 Å². The van der Waals surface area contributed by atoms with E-state index in [0.717, 1.165) is 17.7 Å². The summed E-state index contributed by atoms with van der Waals surface area (Å²) in [5.41, 5.74) is 1.16. The maximum Gasteiger partial charge on any atom is 0.191 e. The summed E-state index contributed by atoms with van der Waals surface area (Å²) in [5, 5.41) is 0. The predicted molar refractivity (Wildman–Crippen MR) is 64.5 cm³/mol. The molecule has 2 aromatic rings. The zero-order valence-corrected chi connectivity index (χ0v) is 10.1. The van der Waals surface area contributed by atoms with Crippen molar-refractivity contribution in [2.45, 2.75) is 12.5 Å². The molecule has 0 aliphatic heterocycles. The molecule has 0 bridgehead atoms. The van der Waals surface area contributed by atoms with Crippen LogP contribution < -0.4 is 4.74 Å². The van der Waals surface area contributed by atoms with Gasteiger partial charge in [0.25, 0.3) is 0 Å². The van der Waals surface area contributed by atoms with Gasteiger partial charge in [-0.2, -0.15) is 0 Å². The normalized spacial score (nSPS) is 10.4. The van der Waals surface area contributed by atoms with Crippen LogP contribution in [0.15, 0.2) is 36.7 Å². The predicted octanol–water partition coefficient (Wildman–Crippen LogP) is 3.68. The Hall–Kier alpha value is -1.68. The zero-order chi connectivity index (χ0) is 13.0. The Bertz CT molecular complexity index is 511. The maximum absolute atomic E-state index is 13.6. The first-order chi connectivity index (χ1) is 8.70. The fraction of sp³-hybridized carbons (Fsp3) is 0.154. The summed E-state index contributed by atoms with van der Waals surface area (Å²) in [4.78, 5) is 3.84. The van der Waals surface area contributed by atoms with Crippen LogP contribution in [-0.2, 0) is 12.5 Å². The Morgan fingerprint density at radius 3 is 2.22 bits per heavy atom. The standard InChI is InChI=1S/C13H10ClF2NO/c14-7-10-5-11(15)13(12(16)6-10)18-8-9-1-3-17-4-2-9/h1-6H,7-8H2. The molecule has 0 aliphatic carbocycles. The number of aromatic nitrogens is 1. The third-order valence-electron chi connectivity index (χ3n) is 2.34. The number of halogens is 3. The Morgan fingerprint density at radius 1 is 1.06 bits per heavy atom. The molecule has 0 aliphatic rings. The molecule has 0 radical (unpaired) electrons. The van der Waals surface area contributed by atoms with Crippen molar-refractivity contribution in [3.05, 3.63) is 59.4 Å². The van der Waals surface area contributed by atoms with Gasteiger partial charge in [-0.3, -0.25) is 4.98 Å². The minimum atomic E-state index is -0.750. The van der Waals surface area contributed by atoms with Crippen molar-refractivity contribution in [3.8, 4) is 5.75 Å². The molecule has 1 aromatic heterocycles. The minimum Gasteiger partial charge on any atom is -0.483 e. The van der Waals surface area contributed by atoms with E-state index in [1.165, 1.54) is 0 Å².